The Morgan fingerprint density at radius 3 is 2.70 bits per heavy atom. The van der Waals surface area contributed by atoms with Crippen LogP contribution >= 0.6 is 0 Å². The van der Waals surface area contributed by atoms with Crippen molar-refractivity contribution in [2.45, 2.75) is 30.2 Å². The van der Waals surface area contributed by atoms with Crippen molar-refractivity contribution in [3.63, 3.8) is 0 Å². The highest BCUT2D eigenvalue weighted by Crippen LogP contribution is 2.47. The predicted octanol–water partition coefficient (Wildman–Crippen LogP) is 1.40. The third kappa shape index (κ3) is 2.94. The van der Waals surface area contributed by atoms with Gasteiger partial charge in [0.05, 0.1) is 11.7 Å². The Balaban J connectivity index is 1.88. The second kappa shape index (κ2) is 6.57. The first kappa shape index (κ1) is 18.4. The van der Waals surface area contributed by atoms with E-state index in [0.717, 1.165) is 24.2 Å². The lowest BCUT2D eigenvalue weighted by Crippen LogP contribution is -2.99. The topological polar surface area (TPSA) is 88.4 Å². The second-order valence-corrected chi connectivity index (χ2v) is 9.17. The number of hydrogen-bond acceptors (Lipinski definition) is 5. The Kier molecular flexibility index (Phi) is 4.48. The van der Waals surface area contributed by atoms with Crippen LogP contribution in [0.25, 0.3) is 0 Å². The largest absolute Gasteiger partial charge is 0.595 e. The number of benzene rings is 2. The Morgan fingerprint density at radius 2 is 1.96 bits per heavy atom. The minimum absolute atomic E-state index is 0.0883. The van der Waals surface area contributed by atoms with Crippen molar-refractivity contribution >= 4 is 21.4 Å². The summed E-state index contributed by atoms with van der Waals surface area (Å²) in [5, 5.41) is 19.9. The van der Waals surface area contributed by atoms with Gasteiger partial charge in [-0.1, -0.05) is 29.8 Å². The van der Waals surface area contributed by atoms with Gasteiger partial charge in [0.2, 0.25) is 0 Å². The van der Waals surface area contributed by atoms with Crippen LogP contribution in [0.4, 0.5) is 11.4 Å². The number of para-hydroxylation sites is 1. The molecule has 0 bridgehead atoms. The van der Waals surface area contributed by atoms with Gasteiger partial charge in [0.15, 0.2) is 10.6 Å². The number of nitrogens with zero attached hydrogens (tertiary/aromatic N) is 2. The molecule has 27 heavy (non-hydrogen) atoms. The molecule has 0 spiro atoms. The van der Waals surface area contributed by atoms with E-state index in [9.17, 15) is 18.8 Å². The molecule has 2 aliphatic heterocycles. The van der Waals surface area contributed by atoms with E-state index >= 15 is 0 Å². The molecule has 2 N–H and O–H groups in total. The molecule has 1 fully saturated rings. The lowest BCUT2D eigenvalue weighted by molar-refractivity contribution is -0.992. The maximum Gasteiger partial charge on any atom is 0.270 e. The van der Waals surface area contributed by atoms with E-state index in [0.29, 0.717) is 12.1 Å². The molecule has 0 aliphatic carbocycles. The number of hydrogen-bond donors (Lipinski definition) is 2. The molecule has 7 nitrogen and oxygen atoms in total. The van der Waals surface area contributed by atoms with Crippen LogP contribution in [-0.2, 0) is 10.0 Å². The number of rotatable bonds is 3. The third-order valence-corrected chi connectivity index (χ3v) is 7.45. The summed E-state index contributed by atoms with van der Waals surface area (Å²) in [6, 6.07) is 11.5. The lowest BCUT2D eigenvalue weighted by atomic mass is 9.89. The van der Waals surface area contributed by atoms with Gasteiger partial charge >= 0.3 is 0 Å². The van der Waals surface area contributed by atoms with Crippen LogP contribution in [0.2, 0.25) is 0 Å². The summed E-state index contributed by atoms with van der Waals surface area (Å²) < 4.78 is 28.7. The van der Waals surface area contributed by atoms with Crippen molar-refractivity contribution in [2.75, 3.05) is 24.4 Å². The number of anilines is 1. The highest BCUT2D eigenvalue weighted by Gasteiger charge is 2.47. The number of sulfonamides is 1. The van der Waals surface area contributed by atoms with E-state index in [1.54, 1.807) is 12.1 Å². The highest BCUT2D eigenvalue weighted by atomic mass is 32.2. The minimum atomic E-state index is -3.99. The fourth-order valence-electron chi connectivity index (χ4n) is 4.32. The summed E-state index contributed by atoms with van der Waals surface area (Å²) in [6.07, 6.45) is 0.712. The summed E-state index contributed by atoms with van der Waals surface area (Å²) in [5.74, 6) is 0.0883. The van der Waals surface area contributed by atoms with Gasteiger partial charge in [0.1, 0.15) is 0 Å². The zero-order valence-electron chi connectivity index (χ0n) is 15.3. The minimum Gasteiger partial charge on any atom is -0.595 e. The van der Waals surface area contributed by atoms with E-state index in [1.165, 1.54) is 16.4 Å². The Morgan fingerprint density at radius 1 is 1.22 bits per heavy atom. The fourth-order valence-corrected chi connectivity index (χ4v) is 6.25. The van der Waals surface area contributed by atoms with Gasteiger partial charge in [-0.05, 0) is 44.6 Å². The van der Waals surface area contributed by atoms with E-state index in [2.05, 4.69) is 11.0 Å². The zero-order chi connectivity index (χ0) is 19.3. The molecule has 2 aliphatic rings. The van der Waals surface area contributed by atoms with Crippen LogP contribution in [0.3, 0.4) is 0 Å². The van der Waals surface area contributed by atoms with Gasteiger partial charge in [-0.15, -0.1) is 0 Å². The molecule has 144 valence electrons. The standard InChI is InChI=1S/C19H23N3O4S/c1-13-7-8-16-14(11-13)15-12-20(2)10-9-17(15)21(16)27(25,26)19-6-4-3-5-18(19)22(23)24/h3-8,11,15,17,22-23H,9-10,12H2,1-2H3. The van der Waals surface area contributed by atoms with E-state index in [-0.39, 0.29) is 22.5 Å². The Hall–Kier alpha value is -1.97. The van der Waals surface area contributed by atoms with Crippen molar-refractivity contribution in [3.05, 3.63) is 58.8 Å². The number of nitrogens with one attached hydrogen (secondary N) is 1. The van der Waals surface area contributed by atoms with Crippen LogP contribution in [0.1, 0.15) is 23.5 Å². The van der Waals surface area contributed by atoms with Crippen LogP contribution < -0.4 is 9.53 Å². The molecule has 3 unspecified atom stereocenters. The van der Waals surface area contributed by atoms with Crippen LogP contribution in [0, 0.1) is 12.1 Å². The van der Waals surface area contributed by atoms with Crippen molar-refractivity contribution in [1.82, 2.24) is 4.90 Å². The molecule has 0 aromatic heterocycles. The maximum absolute atomic E-state index is 13.6. The molecule has 1 saturated heterocycles. The molecular weight excluding hydrogens is 366 g/mol. The van der Waals surface area contributed by atoms with Gasteiger partial charge in [-0.25, -0.2) is 13.6 Å². The molecule has 2 heterocycles. The van der Waals surface area contributed by atoms with Gasteiger partial charge < -0.3 is 10.1 Å². The molecule has 2 aromatic carbocycles. The van der Waals surface area contributed by atoms with Crippen LogP contribution in [0.5, 0.6) is 0 Å². The van der Waals surface area contributed by atoms with Crippen molar-refractivity contribution in [3.8, 4) is 0 Å². The van der Waals surface area contributed by atoms with E-state index < -0.39 is 15.2 Å². The third-order valence-electron chi connectivity index (χ3n) is 5.55. The van der Waals surface area contributed by atoms with Gasteiger partial charge in [-0.3, -0.25) is 4.31 Å². The molecule has 0 radical (unpaired) electrons. The molecular formula is C19H23N3O4S. The first-order valence-electron chi connectivity index (χ1n) is 8.96. The number of piperidine rings is 1. The number of fused-ring (bicyclic) bond motifs is 3. The fraction of sp³-hybridized carbons (Fsp3) is 0.368. The molecule has 0 amide bonds. The van der Waals surface area contributed by atoms with Gasteiger partial charge in [0.25, 0.3) is 10.0 Å². The molecule has 2 aromatic rings. The quantitative estimate of drug-likeness (QED) is 0.775. The number of aryl methyl sites for hydroxylation is 1. The van der Waals surface area contributed by atoms with Crippen molar-refractivity contribution in [1.29, 1.82) is 0 Å². The SMILES string of the molecule is Cc1ccc2c(c1)C1CN(C)CCC1N2S(=O)(=O)c1ccccc1[NH+]([O-])O. The van der Waals surface area contributed by atoms with Gasteiger partial charge in [-0.2, -0.15) is 5.23 Å². The first-order chi connectivity index (χ1) is 12.8. The van der Waals surface area contributed by atoms with E-state index in [4.69, 9.17) is 0 Å². The Labute approximate surface area is 159 Å². The predicted molar refractivity (Wildman–Crippen MR) is 102 cm³/mol. The van der Waals surface area contributed by atoms with E-state index in [1.807, 2.05) is 26.1 Å². The number of likely N-dealkylation sites (N-methyl/N-ethyl adjacent to an activating group) is 1. The molecule has 3 atom stereocenters. The summed E-state index contributed by atoms with van der Waals surface area (Å²) in [6.45, 7) is 3.59. The summed E-state index contributed by atoms with van der Waals surface area (Å²) >= 11 is 0. The Bertz CT molecular complexity index is 977. The molecule has 4 rings (SSSR count). The normalized spacial score (nSPS) is 23.8. The summed E-state index contributed by atoms with van der Waals surface area (Å²) in [7, 11) is -1.95. The first-order valence-corrected chi connectivity index (χ1v) is 10.4. The average molecular weight is 389 g/mol. The van der Waals surface area contributed by atoms with Crippen LogP contribution in [-0.4, -0.2) is 44.7 Å². The van der Waals surface area contributed by atoms with Crippen molar-refractivity contribution < 1.29 is 18.9 Å². The highest BCUT2D eigenvalue weighted by molar-refractivity contribution is 7.93. The lowest BCUT2D eigenvalue weighted by Gasteiger charge is -2.36. The number of quaternary nitrogens is 1. The smallest absolute Gasteiger partial charge is 0.270 e. The number of likely N-dealkylation sites (tertiary alicyclic amines) is 1. The monoisotopic (exact) mass is 389 g/mol. The summed E-state index contributed by atoms with van der Waals surface area (Å²) in [5.41, 5.74) is 2.60. The van der Waals surface area contributed by atoms with Gasteiger partial charge in [0, 0.05) is 18.5 Å². The summed E-state index contributed by atoms with van der Waals surface area (Å²) in [4.78, 5) is 2.07. The average Bonchev–Trinajstić information content (AvgIpc) is 2.95. The second-order valence-electron chi connectivity index (χ2n) is 7.39. The van der Waals surface area contributed by atoms with Crippen molar-refractivity contribution in [2.24, 2.45) is 0 Å². The zero-order valence-corrected chi connectivity index (χ0v) is 16.1. The van der Waals surface area contributed by atoms with Crippen LogP contribution in [0.15, 0.2) is 47.4 Å². The molecule has 8 heteroatoms. The maximum atomic E-state index is 13.6. The molecule has 0 saturated carbocycles.